The van der Waals surface area contributed by atoms with Crippen LogP contribution in [0.4, 0.5) is 4.39 Å². The van der Waals surface area contributed by atoms with E-state index in [-0.39, 0.29) is 5.82 Å². The summed E-state index contributed by atoms with van der Waals surface area (Å²) in [7, 11) is 0. The first-order valence-corrected chi connectivity index (χ1v) is 6.51. The Morgan fingerprint density at radius 2 is 2.00 bits per heavy atom. The Labute approximate surface area is 111 Å². The van der Waals surface area contributed by atoms with Crippen LogP contribution >= 0.6 is 11.6 Å². The fourth-order valence-corrected chi connectivity index (χ4v) is 2.08. The molecule has 0 aliphatic heterocycles. The number of aryl methyl sites for hydroxylation is 2. The number of nitrogens with zero attached hydrogens (tertiary/aromatic N) is 2. The van der Waals surface area contributed by atoms with Crippen molar-refractivity contribution >= 4 is 11.6 Å². The molecular formula is C14H16ClFN2. The molecule has 1 heterocycles. The monoisotopic (exact) mass is 266 g/mol. The van der Waals surface area contributed by atoms with E-state index < -0.39 is 0 Å². The van der Waals surface area contributed by atoms with Crippen LogP contribution in [0.25, 0.3) is 0 Å². The van der Waals surface area contributed by atoms with Crippen LogP contribution in [-0.2, 0) is 19.4 Å². The van der Waals surface area contributed by atoms with Gasteiger partial charge < -0.3 is 0 Å². The summed E-state index contributed by atoms with van der Waals surface area (Å²) in [4.78, 5) is 0. The van der Waals surface area contributed by atoms with Crippen molar-refractivity contribution in [2.45, 2.75) is 33.2 Å². The van der Waals surface area contributed by atoms with Crippen LogP contribution in [0.5, 0.6) is 0 Å². The minimum absolute atomic E-state index is 0.280. The molecule has 2 rings (SSSR count). The molecule has 0 N–H and O–H groups in total. The third-order valence-electron chi connectivity index (χ3n) is 2.97. The molecule has 0 spiro atoms. The van der Waals surface area contributed by atoms with E-state index in [2.05, 4.69) is 25.0 Å². The normalized spacial score (nSPS) is 10.9. The lowest BCUT2D eigenvalue weighted by atomic mass is 10.2. The van der Waals surface area contributed by atoms with Gasteiger partial charge in [0.25, 0.3) is 0 Å². The number of halogens is 2. The first kappa shape index (κ1) is 13.1. The molecule has 0 saturated heterocycles. The SMILES string of the molecule is CCc1cc(CC)n(Cc2ccc(Cl)cc2F)n1. The molecule has 0 aliphatic carbocycles. The van der Waals surface area contributed by atoms with Gasteiger partial charge in [-0.05, 0) is 31.0 Å². The Bertz CT molecular complexity index is 549. The van der Waals surface area contributed by atoms with Gasteiger partial charge in [0.15, 0.2) is 0 Å². The lowest BCUT2D eigenvalue weighted by Crippen LogP contribution is -2.07. The Hall–Kier alpha value is -1.35. The first-order chi connectivity index (χ1) is 8.63. The fraction of sp³-hybridized carbons (Fsp3) is 0.357. The van der Waals surface area contributed by atoms with Gasteiger partial charge in [-0.1, -0.05) is 31.5 Å². The third-order valence-corrected chi connectivity index (χ3v) is 3.21. The highest BCUT2D eigenvalue weighted by Gasteiger charge is 2.09. The number of hydrogen-bond donors (Lipinski definition) is 0. The van der Waals surface area contributed by atoms with Crippen LogP contribution < -0.4 is 0 Å². The van der Waals surface area contributed by atoms with E-state index in [0.29, 0.717) is 17.1 Å². The highest BCUT2D eigenvalue weighted by atomic mass is 35.5. The van der Waals surface area contributed by atoms with Crippen LogP contribution in [-0.4, -0.2) is 9.78 Å². The Morgan fingerprint density at radius 3 is 2.61 bits per heavy atom. The second kappa shape index (κ2) is 5.53. The highest BCUT2D eigenvalue weighted by molar-refractivity contribution is 6.30. The Balaban J connectivity index is 2.30. The van der Waals surface area contributed by atoms with E-state index in [1.54, 1.807) is 12.1 Å². The standard InChI is InChI=1S/C14H16ClFN2/c1-3-12-8-13(4-2)18(17-12)9-10-5-6-11(15)7-14(10)16/h5-8H,3-4,9H2,1-2H3. The van der Waals surface area contributed by atoms with Crippen LogP contribution in [0, 0.1) is 5.82 Å². The number of benzene rings is 1. The Kier molecular flexibility index (Phi) is 4.02. The van der Waals surface area contributed by atoms with E-state index in [1.165, 1.54) is 6.07 Å². The first-order valence-electron chi connectivity index (χ1n) is 6.13. The average molecular weight is 267 g/mol. The molecule has 0 radical (unpaired) electrons. The molecule has 0 fully saturated rings. The predicted molar refractivity (Wildman–Crippen MR) is 71.5 cm³/mol. The average Bonchev–Trinajstić information content (AvgIpc) is 2.75. The van der Waals surface area contributed by atoms with Crippen molar-refractivity contribution < 1.29 is 4.39 Å². The molecule has 1 aromatic carbocycles. The van der Waals surface area contributed by atoms with Gasteiger partial charge in [0.05, 0.1) is 12.2 Å². The summed E-state index contributed by atoms with van der Waals surface area (Å²) in [5.74, 6) is -0.280. The lowest BCUT2D eigenvalue weighted by molar-refractivity contribution is 0.574. The van der Waals surface area contributed by atoms with Gasteiger partial charge in [0, 0.05) is 16.3 Å². The van der Waals surface area contributed by atoms with Crippen molar-refractivity contribution in [1.82, 2.24) is 9.78 Å². The summed E-state index contributed by atoms with van der Waals surface area (Å²) in [6.45, 7) is 4.59. The number of aromatic nitrogens is 2. The largest absolute Gasteiger partial charge is 0.265 e. The van der Waals surface area contributed by atoms with Crippen molar-refractivity contribution in [3.05, 3.63) is 52.1 Å². The predicted octanol–water partition coefficient (Wildman–Crippen LogP) is 3.85. The van der Waals surface area contributed by atoms with Crippen LogP contribution in [0.2, 0.25) is 5.02 Å². The molecule has 1 aromatic heterocycles. The molecule has 0 unspecified atom stereocenters. The van der Waals surface area contributed by atoms with Crippen LogP contribution in [0.3, 0.4) is 0 Å². The molecule has 0 amide bonds. The van der Waals surface area contributed by atoms with Gasteiger partial charge in [-0.2, -0.15) is 5.10 Å². The van der Waals surface area contributed by atoms with E-state index in [0.717, 1.165) is 24.2 Å². The molecule has 2 aromatic rings. The van der Waals surface area contributed by atoms with Crippen molar-refractivity contribution in [3.63, 3.8) is 0 Å². The summed E-state index contributed by atoms with van der Waals surface area (Å²) in [5, 5.41) is 4.89. The molecule has 0 aliphatic rings. The summed E-state index contributed by atoms with van der Waals surface area (Å²) in [6, 6.07) is 6.83. The second-order valence-corrected chi connectivity index (χ2v) is 4.66. The maximum absolute atomic E-state index is 13.7. The quantitative estimate of drug-likeness (QED) is 0.822. The van der Waals surface area contributed by atoms with Gasteiger partial charge >= 0.3 is 0 Å². The zero-order valence-corrected chi connectivity index (χ0v) is 11.3. The fourth-order valence-electron chi connectivity index (χ4n) is 1.92. The van der Waals surface area contributed by atoms with Crippen molar-refractivity contribution in [1.29, 1.82) is 0 Å². The topological polar surface area (TPSA) is 17.8 Å². The van der Waals surface area contributed by atoms with Gasteiger partial charge in [0.2, 0.25) is 0 Å². The summed E-state index contributed by atoms with van der Waals surface area (Å²) >= 11 is 5.74. The smallest absolute Gasteiger partial charge is 0.129 e. The van der Waals surface area contributed by atoms with E-state index >= 15 is 0 Å². The maximum atomic E-state index is 13.7. The van der Waals surface area contributed by atoms with Gasteiger partial charge in [-0.3, -0.25) is 4.68 Å². The number of hydrogen-bond acceptors (Lipinski definition) is 1. The highest BCUT2D eigenvalue weighted by Crippen LogP contribution is 2.17. The zero-order chi connectivity index (χ0) is 13.1. The summed E-state index contributed by atoms with van der Waals surface area (Å²) in [6.07, 6.45) is 1.78. The van der Waals surface area contributed by atoms with Crippen molar-refractivity contribution in [2.75, 3.05) is 0 Å². The molecule has 0 atom stereocenters. The summed E-state index contributed by atoms with van der Waals surface area (Å²) in [5.41, 5.74) is 2.78. The second-order valence-electron chi connectivity index (χ2n) is 4.23. The lowest BCUT2D eigenvalue weighted by Gasteiger charge is -2.07. The van der Waals surface area contributed by atoms with Gasteiger partial charge in [0.1, 0.15) is 5.82 Å². The van der Waals surface area contributed by atoms with Crippen LogP contribution in [0.15, 0.2) is 24.3 Å². The summed E-state index contributed by atoms with van der Waals surface area (Å²) < 4.78 is 15.6. The third kappa shape index (κ3) is 2.72. The molecule has 2 nitrogen and oxygen atoms in total. The van der Waals surface area contributed by atoms with Crippen molar-refractivity contribution in [2.24, 2.45) is 0 Å². The zero-order valence-electron chi connectivity index (χ0n) is 10.6. The van der Waals surface area contributed by atoms with E-state index in [9.17, 15) is 4.39 Å². The molecule has 96 valence electrons. The van der Waals surface area contributed by atoms with Crippen molar-refractivity contribution in [3.8, 4) is 0 Å². The maximum Gasteiger partial charge on any atom is 0.129 e. The molecule has 4 heteroatoms. The van der Waals surface area contributed by atoms with Crippen LogP contribution in [0.1, 0.15) is 30.8 Å². The molecular weight excluding hydrogens is 251 g/mol. The van der Waals surface area contributed by atoms with Gasteiger partial charge in [-0.25, -0.2) is 4.39 Å². The minimum Gasteiger partial charge on any atom is -0.265 e. The molecule has 0 saturated carbocycles. The number of rotatable bonds is 4. The Morgan fingerprint density at radius 1 is 1.22 bits per heavy atom. The van der Waals surface area contributed by atoms with E-state index in [1.807, 2.05) is 4.68 Å². The minimum atomic E-state index is -0.280. The van der Waals surface area contributed by atoms with Gasteiger partial charge in [-0.15, -0.1) is 0 Å². The van der Waals surface area contributed by atoms with E-state index in [4.69, 9.17) is 11.6 Å². The molecule has 18 heavy (non-hydrogen) atoms. The molecule has 0 bridgehead atoms.